The van der Waals surface area contributed by atoms with Gasteiger partial charge in [-0.15, -0.1) is 0 Å². The summed E-state index contributed by atoms with van der Waals surface area (Å²) in [6.07, 6.45) is 18.4. The molecule has 0 heterocycles. The number of unbranched alkanes of at least 4 members (excludes halogenated alkanes) is 11. The molecule has 1 heteroatoms. The molecule has 0 saturated heterocycles. The second-order valence-electron chi connectivity index (χ2n) is 4.84. The molecule has 0 radical (unpaired) electrons. The maximum atomic E-state index is 10.3. The topological polar surface area (TPSA) is 17.1 Å². The van der Waals surface area contributed by atoms with Gasteiger partial charge in [-0.1, -0.05) is 77.2 Å². The second-order valence-corrected chi connectivity index (χ2v) is 4.84. The lowest BCUT2D eigenvalue weighted by Gasteiger charge is -2.01. The van der Waals surface area contributed by atoms with Crippen molar-refractivity contribution in [3.8, 4) is 0 Å². The molecule has 0 aliphatic rings. The fourth-order valence-corrected chi connectivity index (χ4v) is 2.06. The Labute approximate surface area is 109 Å². The van der Waals surface area contributed by atoms with Gasteiger partial charge < -0.3 is 0 Å². The molecule has 0 unspecified atom stereocenters. The molecule has 0 aromatic rings. The summed E-state index contributed by atoms with van der Waals surface area (Å²) in [6, 6.07) is 0. The molecule has 0 spiro atoms. The van der Waals surface area contributed by atoms with Gasteiger partial charge in [0, 0.05) is 0 Å². The predicted molar refractivity (Wildman–Crippen MR) is 76.3 cm³/mol. The number of allylic oxidation sites excluding steroid dienone is 2. The minimum absolute atomic E-state index is 0.585. The van der Waals surface area contributed by atoms with Crippen LogP contribution in [-0.2, 0) is 4.79 Å². The minimum Gasteiger partial charge on any atom is -0.299 e. The van der Waals surface area contributed by atoms with Crippen LogP contribution in [0.15, 0.2) is 12.2 Å². The van der Waals surface area contributed by atoms with Gasteiger partial charge in [-0.2, -0.15) is 0 Å². The summed E-state index contributed by atoms with van der Waals surface area (Å²) in [5, 5.41) is 0. The zero-order chi connectivity index (χ0) is 13.5. The highest BCUT2D eigenvalue weighted by molar-refractivity contribution is 5.64. The summed E-state index contributed by atoms with van der Waals surface area (Å²) >= 11 is 0. The molecule has 0 bridgehead atoms. The molecule has 0 aromatic heterocycles. The molecule has 0 atom stereocenters. The van der Waals surface area contributed by atoms with Crippen molar-refractivity contribution in [2.75, 3.05) is 0 Å². The van der Waals surface area contributed by atoms with E-state index in [0.29, 0.717) is 0 Å². The van der Waals surface area contributed by atoms with E-state index < -0.39 is 6.26 Å². The standard InChI is InChI=1S/C16H30O/c1-2-3-4-5-6-7-8-9-10-11-12-13-14-15-16-17/h14-16H,2-13H2,1H3/b15-14+/i16D. The zero-order valence-electron chi connectivity index (χ0n) is 12.5. The van der Waals surface area contributed by atoms with Gasteiger partial charge in [0.15, 0.2) is 0 Å². The van der Waals surface area contributed by atoms with E-state index in [1.54, 1.807) is 0 Å². The Hall–Kier alpha value is -0.590. The lowest BCUT2D eigenvalue weighted by molar-refractivity contribution is -0.104. The van der Waals surface area contributed by atoms with Crippen LogP contribution >= 0.6 is 0 Å². The van der Waals surface area contributed by atoms with Crippen LogP contribution in [0.25, 0.3) is 0 Å². The van der Waals surface area contributed by atoms with Gasteiger partial charge in [-0.3, -0.25) is 4.79 Å². The van der Waals surface area contributed by atoms with Crippen LogP contribution in [0.1, 0.15) is 85.3 Å². The molecule has 17 heavy (non-hydrogen) atoms. The Morgan fingerprint density at radius 2 is 1.29 bits per heavy atom. The molecule has 0 fully saturated rings. The molecular weight excluding hydrogens is 208 g/mol. The van der Waals surface area contributed by atoms with E-state index in [0.717, 1.165) is 12.8 Å². The fourth-order valence-electron chi connectivity index (χ4n) is 2.06. The van der Waals surface area contributed by atoms with Gasteiger partial charge in [-0.25, -0.2) is 0 Å². The number of aldehydes is 1. The highest BCUT2D eigenvalue weighted by Crippen LogP contribution is 2.11. The van der Waals surface area contributed by atoms with Gasteiger partial charge in [-0.05, 0) is 18.9 Å². The van der Waals surface area contributed by atoms with E-state index >= 15 is 0 Å². The average molecular weight is 239 g/mol. The molecule has 0 aliphatic carbocycles. The lowest BCUT2D eigenvalue weighted by atomic mass is 10.1. The van der Waals surface area contributed by atoms with E-state index in [4.69, 9.17) is 1.37 Å². The molecule has 0 rings (SSSR count). The van der Waals surface area contributed by atoms with Crippen molar-refractivity contribution in [3.05, 3.63) is 12.2 Å². The van der Waals surface area contributed by atoms with Crippen molar-refractivity contribution in [1.29, 1.82) is 0 Å². The van der Waals surface area contributed by atoms with E-state index in [1.165, 1.54) is 70.3 Å². The summed E-state index contributed by atoms with van der Waals surface area (Å²) in [6.45, 7) is 2.26. The second kappa shape index (κ2) is 15.4. The van der Waals surface area contributed by atoms with Crippen LogP contribution in [0, 0.1) is 0 Å². The van der Waals surface area contributed by atoms with Crippen molar-refractivity contribution in [3.63, 3.8) is 0 Å². The summed E-state index contributed by atoms with van der Waals surface area (Å²) in [4.78, 5) is 10.3. The minimum atomic E-state index is -0.585. The predicted octanol–water partition coefficient (Wildman–Crippen LogP) is 5.44. The van der Waals surface area contributed by atoms with Crippen LogP contribution in [-0.4, -0.2) is 6.26 Å². The first-order chi connectivity index (χ1) is 8.77. The Morgan fingerprint density at radius 3 is 1.76 bits per heavy atom. The average Bonchev–Trinajstić information content (AvgIpc) is 2.34. The highest BCUT2D eigenvalue weighted by atomic mass is 16.1. The third kappa shape index (κ3) is 15.4. The first kappa shape index (κ1) is 14.5. The first-order valence-electron chi connectivity index (χ1n) is 7.94. The van der Waals surface area contributed by atoms with E-state index in [2.05, 4.69) is 6.92 Å². The van der Waals surface area contributed by atoms with Gasteiger partial charge in [0.05, 0.1) is 0 Å². The molecule has 0 N–H and O–H groups in total. The van der Waals surface area contributed by atoms with Gasteiger partial charge in [0.2, 0.25) is 0 Å². The normalized spacial score (nSPS) is 11.9. The number of hydrogen-bond donors (Lipinski definition) is 0. The summed E-state index contributed by atoms with van der Waals surface area (Å²) in [7, 11) is 0. The van der Waals surface area contributed by atoms with Crippen molar-refractivity contribution < 1.29 is 6.17 Å². The van der Waals surface area contributed by atoms with E-state index in [-0.39, 0.29) is 0 Å². The maximum Gasteiger partial charge on any atom is 0.142 e. The summed E-state index contributed by atoms with van der Waals surface area (Å²) in [5.74, 6) is 0. The van der Waals surface area contributed by atoms with Crippen molar-refractivity contribution in [1.82, 2.24) is 0 Å². The smallest absolute Gasteiger partial charge is 0.142 e. The van der Waals surface area contributed by atoms with Crippen molar-refractivity contribution in [2.45, 2.75) is 84.0 Å². The number of hydrogen-bond acceptors (Lipinski definition) is 1. The third-order valence-electron chi connectivity index (χ3n) is 3.16. The lowest BCUT2D eigenvalue weighted by Crippen LogP contribution is -1.82. The van der Waals surface area contributed by atoms with Crippen LogP contribution in [0.2, 0.25) is 0 Å². The van der Waals surface area contributed by atoms with Crippen LogP contribution in [0.4, 0.5) is 0 Å². The van der Waals surface area contributed by atoms with E-state index in [1.807, 2.05) is 6.08 Å². The number of carbonyl (C=O) groups is 1. The number of rotatable bonds is 13. The molecule has 1 nitrogen and oxygen atoms in total. The fraction of sp³-hybridized carbons (Fsp3) is 0.812. The van der Waals surface area contributed by atoms with Crippen molar-refractivity contribution >= 4 is 6.26 Å². The summed E-state index contributed by atoms with van der Waals surface area (Å²) < 4.78 is 6.70. The molecule has 0 aromatic carbocycles. The first-order valence-corrected chi connectivity index (χ1v) is 7.44. The van der Waals surface area contributed by atoms with Gasteiger partial charge >= 0.3 is 0 Å². The van der Waals surface area contributed by atoms with Crippen LogP contribution in [0.5, 0.6) is 0 Å². The Morgan fingerprint density at radius 1 is 0.824 bits per heavy atom. The monoisotopic (exact) mass is 239 g/mol. The Balaban J connectivity index is 3.01. The van der Waals surface area contributed by atoms with E-state index in [9.17, 15) is 4.79 Å². The zero-order valence-corrected chi connectivity index (χ0v) is 11.5. The molecule has 0 amide bonds. The largest absolute Gasteiger partial charge is 0.299 e. The van der Waals surface area contributed by atoms with Gasteiger partial charge in [0.1, 0.15) is 7.63 Å². The van der Waals surface area contributed by atoms with Crippen molar-refractivity contribution in [2.24, 2.45) is 0 Å². The molecule has 0 aliphatic heterocycles. The SMILES string of the molecule is [2H]C(=O)/C=C/CCCCCCCCCCCCC. The molecular formula is C16H30O. The summed E-state index contributed by atoms with van der Waals surface area (Å²) in [5.41, 5.74) is 0. The molecule has 100 valence electrons. The van der Waals surface area contributed by atoms with Crippen LogP contribution in [0.3, 0.4) is 0 Å². The van der Waals surface area contributed by atoms with Crippen LogP contribution < -0.4 is 0 Å². The third-order valence-corrected chi connectivity index (χ3v) is 3.16. The highest BCUT2D eigenvalue weighted by Gasteiger charge is 1.92. The molecule has 0 saturated carbocycles. The number of carbonyl (C=O) groups excluding carboxylic acids is 1. The van der Waals surface area contributed by atoms with Gasteiger partial charge in [0.25, 0.3) is 0 Å². The quantitative estimate of drug-likeness (QED) is 0.237. The maximum absolute atomic E-state index is 10.3. The Bertz CT molecular complexity index is 211. The Kier molecular flexibility index (Phi) is 13.1.